The van der Waals surface area contributed by atoms with E-state index in [0.717, 1.165) is 14.7 Å². The van der Waals surface area contributed by atoms with Gasteiger partial charge in [0.1, 0.15) is 5.75 Å². The molecule has 0 saturated carbocycles. The third-order valence-corrected chi connectivity index (χ3v) is 5.02. The fourth-order valence-corrected chi connectivity index (χ4v) is 3.96. The number of carbonyl (C=O) groups is 1. The molecule has 7 heteroatoms. The second-order valence-electron chi connectivity index (χ2n) is 5.25. The number of benzene rings is 2. The van der Waals surface area contributed by atoms with Crippen LogP contribution in [0.3, 0.4) is 0 Å². The number of para-hydroxylation sites is 1. The molecule has 3 rings (SSSR count). The maximum absolute atomic E-state index is 12.2. The Kier molecular flexibility index (Phi) is 6.01. The molecule has 0 bridgehead atoms. The largest absolute Gasteiger partial charge is 0.484 e. The monoisotopic (exact) mass is 420 g/mol. The molecule has 1 aromatic heterocycles. The first-order valence-corrected chi connectivity index (χ1v) is 9.31. The lowest BCUT2D eigenvalue weighted by molar-refractivity contribution is -0.120. The zero-order valence-corrected chi connectivity index (χ0v) is 16.0. The molecule has 0 fully saturated rings. The first kappa shape index (κ1) is 17.8. The van der Waals surface area contributed by atoms with Gasteiger partial charge in [0.15, 0.2) is 11.4 Å². The van der Waals surface area contributed by atoms with Gasteiger partial charge < -0.3 is 14.0 Å². The van der Waals surface area contributed by atoms with Crippen LogP contribution in [0.2, 0.25) is 0 Å². The summed E-state index contributed by atoms with van der Waals surface area (Å²) >= 11 is 4.95. The summed E-state index contributed by atoms with van der Waals surface area (Å²) < 4.78 is 14.7. The maximum Gasteiger partial charge on any atom is 0.286 e. The minimum Gasteiger partial charge on any atom is -0.484 e. The average Bonchev–Trinajstić information content (AvgIpc) is 2.95. The molecule has 3 aromatic rings. The van der Waals surface area contributed by atoms with Crippen LogP contribution in [-0.2, 0) is 16.1 Å². The highest BCUT2D eigenvalue weighted by Gasteiger charge is 2.09. The highest BCUT2D eigenvalue weighted by atomic mass is 79.9. The molecule has 0 aliphatic heterocycles. The van der Waals surface area contributed by atoms with Crippen LogP contribution < -0.4 is 9.54 Å². The Bertz CT molecular complexity index is 934. The predicted molar refractivity (Wildman–Crippen MR) is 102 cm³/mol. The third-order valence-electron chi connectivity index (χ3n) is 3.49. The van der Waals surface area contributed by atoms with Crippen molar-refractivity contribution in [2.75, 3.05) is 20.3 Å². The lowest BCUT2D eigenvalue weighted by Gasteiger charge is -2.05. The van der Waals surface area contributed by atoms with Gasteiger partial charge in [0.2, 0.25) is 0 Å². The molecule has 0 spiro atoms. The van der Waals surface area contributed by atoms with Gasteiger partial charge in [-0.3, -0.25) is 4.79 Å². The van der Waals surface area contributed by atoms with Gasteiger partial charge in [-0.1, -0.05) is 45.5 Å². The second-order valence-corrected chi connectivity index (χ2v) is 7.17. The van der Waals surface area contributed by atoms with Crippen molar-refractivity contribution in [1.29, 1.82) is 0 Å². The van der Waals surface area contributed by atoms with Gasteiger partial charge >= 0.3 is 0 Å². The molecule has 130 valence electrons. The summed E-state index contributed by atoms with van der Waals surface area (Å²) in [6.07, 6.45) is 0. The van der Waals surface area contributed by atoms with Crippen molar-refractivity contribution in [1.82, 2.24) is 4.57 Å². The number of ether oxygens (including phenoxy) is 2. The van der Waals surface area contributed by atoms with Crippen molar-refractivity contribution in [2.24, 2.45) is 4.99 Å². The average molecular weight is 421 g/mol. The van der Waals surface area contributed by atoms with Crippen LogP contribution >= 0.6 is 27.3 Å². The van der Waals surface area contributed by atoms with Crippen molar-refractivity contribution < 1.29 is 14.3 Å². The van der Waals surface area contributed by atoms with Crippen LogP contribution in [0.4, 0.5) is 0 Å². The number of hydrogen-bond acceptors (Lipinski definition) is 4. The number of methoxy groups -OCH3 is 1. The summed E-state index contributed by atoms with van der Waals surface area (Å²) in [5.74, 6) is 0.333. The van der Waals surface area contributed by atoms with E-state index in [0.29, 0.717) is 23.7 Å². The first-order chi connectivity index (χ1) is 12.2. The fourth-order valence-electron chi connectivity index (χ4n) is 2.33. The normalized spacial score (nSPS) is 11.8. The van der Waals surface area contributed by atoms with Gasteiger partial charge in [0.25, 0.3) is 5.91 Å². The van der Waals surface area contributed by atoms with Crippen molar-refractivity contribution in [3.63, 3.8) is 0 Å². The van der Waals surface area contributed by atoms with E-state index in [1.165, 1.54) is 11.3 Å². The van der Waals surface area contributed by atoms with Crippen molar-refractivity contribution in [3.8, 4) is 5.75 Å². The van der Waals surface area contributed by atoms with E-state index in [1.807, 2.05) is 53.1 Å². The number of fused-ring (bicyclic) bond motifs is 1. The summed E-state index contributed by atoms with van der Waals surface area (Å²) in [5, 5.41) is 0. The molecular weight excluding hydrogens is 404 g/mol. The summed E-state index contributed by atoms with van der Waals surface area (Å²) in [4.78, 5) is 17.1. The number of rotatable bonds is 6. The smallest absolute Gasteiger partial charge is 0.286 e. The third kappa shape index (κ3) is 4.56. The number of carbonyl (C=O) groups excluding carboxylic acids is 1. The first-order valence-electron chi connectivity index (χ1n) is 7.70. The molecule has 2 aromatic carbocycles. The number of amides is 1. The molecule has 1 amide bonds. The van der Waals surface area contributed by atoms with E-state index in [2.05, 4.69) is 20.9 Å². The number of aromatic nitrogens is 1. The molecule has 0 atom stereocenters. The predicted octanol–water partition coefficient (Wildman–Crippen LogP) is 3.62. The topological polar surface area (TPSA) is 52.8 Å². The van der Waals surface area contributed by atoms with Crippen LogP contribution in [-0.4, -0.2) is 30.8 Å². The molecule has 0 aliphatic carbocycles. The minimum absolute atomic E-state index is 0.0910. The van der Waals surface area contributed by atoms with E-state index in [4.69, 9.17) is 9.47 Å². The Morgan fingerprint density at radius 1 is 1.24 bits per heavy atom. The number of thiazole rings is 1. The number of hydrogen-bond donors (Lipinski definition) is 0. The summed E-state index contributed by atoms with van der Waals surface area (Å²) in [5.41, 5.74) is 1.03. The van der Waals surface area contributed by atoms with E-state index in [1.54, 1.807) is 7.11 Å². The highest BCUT2D eigenvalue weighted by Crippen LogP contribution is 2.22. The number of nitrogens with zero attached hydrogens (tertiary/aromatic N) is 2. The van der Waals surface area contributed by atoms with Crippen LogP contribution in [0, 0.1) is 0 Å². The standard InChI is InChI=1S/C18H17BrN2O3S/c1-23-10-9-21-15-8-7-13(19)11-16(15)25-18(21)20-17(22)12-24-14-5-3-2-4-6-14/h2-8,11H,9-10,12H2,1H3. The van der Waals surface area contributed by atoms with E-state index in [9.17, 15) is 4.79 Å². The lowest BCUT2D eigenvalue weighted by Crippen LogP contribution is -2.21. The summed E-state index contributed by atoms with van der Waals surface area (Å²) in [6, 6.07) is 15.2. The van der Waals surface area contributed by atoms with E-state index < -0.39 is 0 Å². The fraction of sp³-hybridized carbons (Fsp3) is 0.222. The van der Waals surface area contributed by atoms with E-state index >= 15 is 0 Å². The Balaban J connectivity index is 1.87. The van der Waals surface area contributed by atoms with Crippen molar-refractivity contribution in [2.45, 2.75) is 6.54 Å². The zero-order valence-electron chi connectivity index (χ0n) is 13.6. The maximum atomic E-state index is 12.2. The highest BCUT2D eigenvalue weighted by molar-refractivity contribution is 9.10. The van der Waals surface area contributed by atoms with Gasteiger partial charge in [0, 0.05) is 18.1 Å². The van der Waals surface area contributed by atoms with Crippen molar-refractivity contribution >= 4 is 43.4 Å². The molecule has 0 radical (unpaired) electrons. The molecule has 0 N–H and O–H groups in total. The van der Waals surface area contributed by atoms with Gasteiger partial charge in [-0.15, -0.1) is 0 Å². The van der Waals surface area contributed by atoms with Crippen LogP contribution in [0.1, 0.15) is 0 Å². The van der Waals surface area contributed by atoms with Crippen molar-refractivity contribution in [3.05, 3.63) is 57.8 Å². The summed E-state index contributed by atoms with van der Waals surface area (Å²) in [6.45, 7) is 1.08. The molecule has 25 heavy (non-hydrogen) atoms. The molecule has 1 heterocycles. The van der Waals surface area contributed by atoms with Gasteiger partial charge in [-0.2, -0.15) is 4.99 Å². The second kappa shape index (κ2) is 8.42. The van der Waals surface area contributed by atoms with Crippen LogP contribution in [0.5, 0.6) is 5.75 Å². The Morgan fingerprint density at radius 2 is 2.04 bits per heavy atom. The minimum atomic E-state index is -0.319. The molecule has 0 unspecified atom stereocenters. The Hall–Kier alpha value is -1.96. The van der Waals surface area contributed by atoms with Crippen LogP contribution in [0.25, 0.3) is 10.2 Å². The molecule has 5 nitrogen and oxygen atoms in total. The number of halogens is 1. The Labute approximate surface area is 157 Å². The van der Waals surface area contributed by atoms with E-state index in [-0.39, 0.29) is 12.5 Å². The zero-order chi connectivity index (χ0) is 17.6. The van der Waals surface area contributed by atoms with Gasteiger partial charge in [0.05, 0.1) is 16.8 Å². The lowest BCUT2D eigenvalue weighted by atomic mass is 10.3. The SMILES string of the molecule is COCCn1c(=NC(=O)COc2ccccc2)sc2cc(Br)ccc21. The van der Waals surface area contributed by atoms with Gasteiger partial charge in [-0.25, -0.2) is 0 Å². The Morgan fingerprint density at radius 3 is 2.80 bits per heavy atom. The summed E-state index contributed by atoms with van der Waals surface area (Å²) in [7, 11) is 1.65. The van der Waals surface area contributed by atoms with Gasteiger partial charge in [-0.05, 0) is 30.3 Å². The quantitative estimate of drug-likeness (QED) is 0.611. The molecule has 0 aliphatic rings. The van der Waals surface area contributed by atoms with Crippen LogP contribution in [0.15, 0.2) is 58.0 Å². The molecular formula is C18H17BrN2O3S. The molecule has 0 saturated heterocycles.